The molecule has 0 unspecified atom stereocenters. The summed E-state index contributed by atoms with van der Waals surface area (Å²) in [5.41, 5.74) is 0.120. The molecule has 0 radical (unpaired) electrons. The van der Waals surface area contributed by atoms with E-state index in [1.54, 1.807) is 5.38 Å². The van der Waals surface area contributed by atoms with Gasteiger partial charge in [-0.25, -0.2) is 4.98 Å². The summed E-state index contributed by atoms with van der Waals surface area (Å²) in [6.07, 6.45) is -3.97. The number of halogens is 3. The van der Waals surface area contributed by atoms with Gasteiger partial charge in [-0.15, -0.1) is 11.3 Å². The summed E-state index contributed by atoms with van der Waals surface area (Å²) in [4.78, 5) is 16.3. The molecule has 6 heteroatoms. The van der Waals surface area contributed by atoms with E-state index in [1.165, 1.54) is 23.5 Å². The van der Waals surface area contributed by atoms with Crippen molar-refractivity contribution in [2.24, 2.45) is 5.41 Å². The van der Waals surface area contributed by atoms with Crippen LogP contribution in [0.3, 0.4) is 0 Å². The van der Waals surface area contributed by atoms with Crippen LogP contribution < -0.4 is 0 Å². The van der Waals surface area contributed by atoms with E-state index >= 15 is 0 Å². The highest BCUT2D eigenvalue weighted by Crippen LogP contribution is 2.32. The van der Waals surface area contributed by atoms with Crippen molar-refractivity contribution < 1.29 is 18.0 Å². The summed E-state index contributed by atoms with van der Waals surface area (Å²) in [6.45, 7) is 5.90. The van der Waals surface area contributed by atoms with E-state index < -0.39 is 11.7 Å². The summed E-state index contributed by atoms with van der Waals surface area (Å²) in [7, 11) is 0. The first kappa shape index (κ1) is 16.7. The first-order valence-electron chi connectivity index (χ1n) is 6.73. The number of Topliss-reactive ketones (excluding diaryl/α,β-unsaturated/α-hetero) is 1. The second-order valence-corrected chi connectivity index (χ2v) is 7.13. The van der Waals surface area contributed by atoms with Gasteiger partial charge in [-0.1, -0.05) is 32.9 Å². The average Bonchev–Trinajstić information content (AvgIpc) is 2.85. The van der Waals surface area contributed by atoms with Gasteiger partial charge >= 0.3 is 6.18 Å². The highest BCUT2D eigenvalue weighted by atomic mass is 32.1. The Morgan fingerprint density at radius 1 is 1.14 bits per heavy atom. The van der Waals surface area contributed by atoms with E-state index in [-0.39, 0.29) is 11.2 Å². The smallest absolute Gasteiger partial charge is 0.292 e. The van der Waals surface area contributed by atoms with Crippen LogP contribution in [0.15, 0.2) is 29.6 Å². The van der Waals surface area contributed by atoms with Crippen molar-refractivity contribution in [2.75, 3.05) is 0 Å². The van der Waals surface area contributed by atoms with Gasteiger partial charge in [-0.3, -0.25) is 4.79 Å². The molecule has 22 heavy (non-hydrogen) atoms. The number of rotatable bonds is 3. The number of hydrogen-bond acceptors (Lipinski definition) is 3. The molecule has 2 nitrogen and oxygen atoms in total. The summed E-state index contributed by atoms with van der Waals surface area (Å²) < 4.78 is 37.6. The zero-order chi connectivity index (χ0) is 16.5. The van der Waals surface area contributed by atoms with Gasteiger partial charge < -0.3 is 0 Å². The maximum atomic E-state index is 12.5. The fourth-order valence-corrected chi connectivity index (χ4v) is 2.74. The Balaban J connectivity index is 2.20. The van der Waals surface area contributed by atoms with Crippen LogP contribution in [0.2, 0.25) is 0 Å². The maximum Gasteiger partial charge on any atom is 0.416 e. The van der Waals surface area contributed by atoms with Crippen LogP contribution in [0.5, 0.6) is 0 Å². The molecule has 0 amide bonds. The van der Waals surface area contributed by atoms with Crippen molar-refractivity contribution in [3.63, 3.8) is 0 Å². The largest absolute Gasteiger partial charge is 0.416 e. The van der Waals surface area contributed by atoms with Crippen LogP contribution in [-0.4, -0.2) is 10.8 Å². The number of hydrogen-bond donors (Lipinski definition) is 0. The first-order chi connectivity index (χ1) is 10.1. The van der Waals surface area contributed by atoms with Gasteiger partial charge in [0.05, 0.1) is 5.56 Å². The summed E-state index contributed by atoms with van der Waals surface area (Å²) in [5.74, 6) is -0.0538. The van der Waals surface area contributed by atoms with Gasteiger partial charge in [0.15, 0.2) is 5.78 Å². The van der Waals surface area contributed by atoms with Crippen molar-refractivity contribution in [2.45, 2.75) is 33.4 Å². The van der Waals surface area contributed by atoms with Gasteiger partial charge in [-0.05, 0) is 17.5 Å². The number of carbonyl (C=O) groups excluding carboxylic acids is 1. The second kappa shape index (κ2) is 5.83. The van der Waals surface area contributed by atoms with Crippen LogP contribution in [0.1, 0.15) is 43.2 Å². The summed E-state index contributed by atoms with van der Waals surface area (Å²) >= 11 is 1.26. The molecule has 0 N–H and O–H groups in total. The molecule has 1 aromatic heterocycles. The van der Waals surface area contributed by atoms with E-state index in [9.17, 15) is 18.0 Å². The molecule has 2 rings (SSSR count). The molecule has 0 spiro atoms. The SMILES string of the molecule is CC(C)(C)CC(=O)c1csc(-c2ccc(C(F)(F)F)cc2)n1. The normalized spacial score (nSPS) is 12.5. The maximum absolute atomic E-state index is 12.5. The Labute approximate surface area is 131 Å². The van der Waals surface area contributed by atoms with Crippen LogP contribution in [0.25, 0.3) is 10.6 Å². The molecule has 0 saturated heterocycles. The van der Waals surface area contributed by atoms with Crippen molar-refractivity contribution in [3.05, 3.63) is 40.9 Å². The minimum absolute atomic E-state index is 0.0538. The predicted octanol–water partition coefficient (Wildman–Crippen LogP) is 5.45. The lowest BCUT2D eigenvalue weighted by molar-refractivity contribution is -0.137. The summed E-state index contributed by atoms with van der Waals surface area (Å²) in [6, 6.07) is 4.79. The Morgan fingerprint density at radius 2 is 1.73 bits per heavy atom. The molecular weight excluding hydrogens is 311 g/mol. The number of alkyl halides is 3. The Kier molecular flexibility index (Phi) is 4.42. The molecule has 0 fully saturated rings. The van der Waals surface area contributed by atoms with Crippen LogP contribution in [-0.2, 0) is 6.18 Å². The van der Waals surface area contributed by atoms with E-state index in [0.29, 0.717) is 22.7 Å². The van der Waals surface area contributed by atoms with E-state index in [2.05, 4.69) is 4.98 Å². The lowest BCUT2D eigenvalue weighted by Gasteiger charge is -2.15. The van der Waals surface area contributed by atoms with Crippen LogP contribution >= 0.6 is 11.3 Å². The van der Waals surface area contributed by atoms with E-state index in [4.69, 9.17) is 0 Å². The lowest BCUT2D eigenvalue weighted by Crippen LogP contribution is -2.13. The molecule has 0 aliphatic rings. The molecule has 0 aliphatic carbocycles. The molecule has 0 atom stereocenters. The topological polar surface area (TPSA) is 30.0 Å². The number of ketones is 1. The second-order valence-electron chi connectivity index (χ2n) is 6.27. The molecule has 118 valence electrons. The highest BCUT2D eigenvalue weighted by molar-refractivity contribution is 7.13. The zero-order valence-electron chi connectivity index (χ0n) is 12.5. The molecule has 1 aromatic carbocycles. The number of nitrogens with zero attached hydrogens (tertiary/aromatic N) is 1. The predicted molar refractivity (Wildman–Crippen MR) is 81.0 cm³/mol. The first-order valence-corrected chi connectivity index (χ1v) is 7.60. The third-order valence-electron chi connectivity index (χ3n) is 2.94. The monoisotopic (exact) mass is 327 g/mol. The minimum Gasteiger partial charge on any atom is -0.292 e. The zero-order valence-corrected chi connectivity index (χ0v) is 13.3. The van der Waals surface area contributed by atoms with E-state index in [0.717, 1.165) is 12.1 Å². The Bertz CT molecular complexity index is 666. The Morgan fingerprint density at radius 3 is 2.23 bits per heavy atom. The van der Waals surface area contributed by atoms with Crippen molar-refractivity contribution in [3.8, 4) is 10.6 Å². The molecule has 0 aliphatic heterocycles. The van der Waals surface area contributed by atoms with Crippen molar-refractivity contribution >= 4 is 17.1 Å². The molecule has 2 aromatic rings. The van der Waals surface area contributed by atoms with Crippen LogP contribution in [0.4, 0.5) is 13.2 Å². The van der Waals surface area contributed by atoms with Gasteiger partial charge in [-0.2, -0.15) is 13.2 Å². The average molecular weight is 327 g/mol. The molecule has 0 saturated carbocycles. The van der Waals surface area contributed by atoms with E-state index in [1.807, 2.05) is 20.8 Å². The minimum atomic E-state index is -4.35. The van der Waals surface area contributed by atoms with Gasteiger partial charge in [0.25, 0.3) is 0 Å². The van der Waals surface area contributed by atoms with Crippen LogP contribution in [0, 0.1) is 5.41 Å². The number of carbonyl (C=O) groups is 1. The standard InChI is InChI=1S/C16H16F3NOS/c1-15(2,3)8-13(21)12-9-22-14(20-12)10-4-6-11(7-5-10)16(17,18)19/h4-7,9H,8H2,1-3H3. The number of aromatic nitrogens is 1. The molecule has 0 bridgehead atoms. The lowest BCUT2D eigenvalue weighted by atomic mass is 9.89. The van der Waals surface area contributed by atoms with Gasteiger partial charge in [0, 0.05) is 17.4 Å². The Hall–Kier alpha value is -1.69. The quantitative estimate of drug-likeness (QED) is 0.702. The summed E-state index contributed by atoms with van der Waals surface area (Å²) in [5, 5.41) is 2.20. The number of thiazole rings is 1. The van der Waals surface area contributed by atoms with Gasteiger partial charge in [0.1, 0.15) is 10.7 Å². The molecule has 1 heterocycles. The third-order valence-corrected chi connectivity index (χ3v) is 3.83. The third kappa shape index (κ3) is 4.16. The molecular formula is C16H16F3NOS. The fourth-order valence-electron chi connectivity index (χ4n) is 1.91. The van der Waals surface area contributed by atoms with Crippen molar-refractivity contribution in [1.29, 1.82) is 0 Å². The van der Waals surface area contributed by atoms with Gasteiger partial charge in [0.2, 0.25) is 0 Å². The highest BCUT2D eigenvalue weighted by Gasteiger charge is 2.30. The number of benzene rings is 1. The van der Waals surface area contributed by atoms with Crippen molar-refractivity contribution in [1.82, 2.24) is 4.98 Å². The fraction of sp³-hybridized carbons (Fsp3) is 0.375.